The number of nitrogens with one attached hydrogen (secondary N) is 1. The molecule has 1 unspecified atom stereocenters. The zero-order chi connectivity index (χ0) is 23.7. The molecule has 0 saturated carbocycles. The van der Waals surface area contributed by atoms with Gasteiger partial charge < -0.3 is 14.8 Å². The molecule has 0 fully saturated rings. The molecule has 8 heteroatoms. The molecule has 0 amide bonds. The van der Waals surface area contributed by atoms with E-state index in [4.69, 9.17) is 14.7 Å². The summed E-state index contributed by atoms with van der Waals surface area (Å²) in [6.45, 7) is 11.3. The number of carbonyl (C=O) groups excluding carboxylic acids is 1. The summed E-state index contributed by atoms with van der Waals surface area (Å²) in [5.74, 6) is -1.45. The number of para-hydroxylation sites is 1. The predicted octanol–water partition coefficient (Wildman–Crippen LogP) is 3.95. The summed E-state index contributed by atoms with van der Waals surface area (Å²) >= 11 is 0. The van der Waals surface area contributed by atoms with E-state index in [1.165, 1.54) is 24.4 Å². The van der Waals surface area contributed by atoms with Crippen LogP contribution in [0.4, 0.5) is 0 Å². The molecule has 0 spiro atoms. The third-order valence-corrected chi connectivity index (χ3v) is 6.61. The Labute approximate surface area is 189 Å². The maximum atomic E-state index is 13.6. The number of rotatable bonds is 6. The second-order valence-electron chi connectivity index (χ2n) is 6.41. The molecule has 7 nitrogen and oxygen atoms in total. The molecule has 32 heavy (non-hydrogen) atoms. The molecule has 2 aliphatic heterocycles. The van der Waals surface area contributed by atoms with Gasteiger partial charge in [-0.1, -0.05) is 57.4 Å². The van der Waals surface area contributed by atoms with Crippen molar-refractivity contribution in [2.24, 2.45) is 5.92 Å². The summed E-state index contributed by atoms with van der Waals surface area (Å²) in [6.07, 6.45) is 6.00. The highest BCUT2D eigenvalue weighted by Gasteiger charge is 2.42. The maximum absolute atomic E-state index is 13.6. The lowest BCUT2D eigenvalue weighted by Gasteiger charge is -2.28. The van der Waals surface area contributed by atoms with E-state index in [-0.39, 0.29) is 40.8 Å². The van der Waals surface area contributed by atoms with Crippen LogP contribution < -0.4 is 10.1 Å². The fourth-order valence-corrected chi connectivity index (χ4v) is 5.23. The van der Waals surface area contributed by atoms with Gasteiger partial charge in [-0.3, -0.25) is 0 Å². The van der Waals surface area contributed by atoms with Crippen LogP contribution in [0.25, 0.3) is 0 Å². The number of allylic oxidation sites excluding steroid dienone is 5. The number of ether oxygens (including phenoxy) is 2. The van der Waals surface area contributed by atoms with Crippen LogP contribution in [0.3, 0.4) is 0 Å². The molecule has 168 valence electrons. The molecule has 1 aromatic rings. The summed E-state index contributed by atoms with van der Waals surface area (Å²) in [4.78, 5) is 12.8. The second kappa shape index (κ2) is 11.2. The van der Waals surface area contributed by atoms with E-state index in [2.05, 4.69) is 18.5 Å². The molecule has 1 N–H and O–H groups in total. The number of nitriles is 1. The van der Waals surface area contributed by atoms with Gasteiger partial charge >= 0.3 is 5.97 Å². The molecule has 0 aliphatic carbocycles. The Morgan fingerprint density at radius 1 is 1.34 bits per heavy atom. The van der Waals surface area contributed by atoms with Crippen molar-refractivity contribution in [3.8, 4) is 11.8 Å². The Bertz CT molecular complexity index is 1140. The van der Waals surface area contributed by atoms with Crippen molar-refractivity contribution in [1.29, 1.82) is 5.26 Å². The third-order valence-electron chi connectivity index (χ3n) is 4.63. The molecule has 1 atom stereocenters. The van der Waals surface area contributed by atoms with Gasteiger partial charge in [0.1, 0.15) is 23.9 Å². The van der Waals surface area contributed by atoms with Gasteiger partial charge in [-0.05, 0) is 17.7 Å². The van der Waals surface area contributed by atoms with Crippen molar-refractivity contribution in [2.45, 2.75) is 25.2 Å². The van der Waals surface area contributed by atoms with Gasteiger partial charge in [0.05, 0.1) is 34.6 Å². The largest absolute Gasteiger partial charge is 0.486 e. The minimum absolute atomic E-state index is 0.00446. The third kappa shape index (κ3) is 4.84. The van der Waals surface area contributed by atoms with Gasteiger partial charge in [-0.25, -0.2) is 13.2 Å². The van der Waals surface area contributed by atoms with Crippen molar-refractivity contribution in [2.75, 3.05) is 13.2 Å². The van der Waals surface area contributed by atoms with E-state index in [1.54, 1.807) is 24.3 Å². The van der Waals surface area contributed by atoms with Crippen LogP contribution >= 0.6 is 0 Å². The van der Waals surface area contributed by atoms with E-state index in [9.17, 15) is 13.2 Å². The Balaban J connectivity index is 0.00000176. The summed E-state index contributed by atoms with van der Waals surface area (Å²) in [5.41, 5.74) is 0.870. The van der Waals surface area contributed by atoms with Crippen LogP contribution in [0, 0.1) is 17.2 Å². The number of sulfone groups is 1. The first kappa shape index (κ1) is 24.7. The first-order valence-electron chi connectivity index (χ1n) is 10.1. The number of nitrogens with zero attached hydrogens (tertiary/aromatic N) is 1. The molecule has 1 aromatic carbocycles. The number of benzene rings is 1. The summed E-state index contributed by atoms with van der Waals surface area (Å²) in [6, 6.07) is 8.24. The van der Waals surface area contributed by atoms with Gasteiger partial charge in [0, 0.05) is 6.20 Å². The number of hydrogen-bond acceptors (Lipinski definition) is 7. The lowest BCUT2D eigenvalue weighted by molar-refractivity contribution is -0.139. The SMILES string of the molecule is C=C/C=C(\C=C)C1C(C(=O)OCCC#N)=CNC2=C1S(=O)(=O)c1ccccc1OC2.CC. The average molecular weight is 455 g/mol. The zero-order valence-electron chi connectivity index (χ0n) is 18.1. The standard InChI is InChI=1S/C22H20N2O5S.C2H6/c1-3-8-15(4-2)20-16(22(25)28-12-7-11-23)13-24-17-14-29-18-9-5-6-10-19(18)30(26,27)21(17)20;1-2/h3-6,8-10,13,20,24H,1-2,7,12,14H2;1-2H3/b15-8+;. The van der Waals surface area contributed by atoms with E-state index in [1.807, 2.05) is 19.9 Å². The lowest BCUT2D eigenvalue weighted by Crippen LogP contribution is -2.32. The van der Waals surface area contributed by atoms with Crippen molar-refractivity contribution in [3.63, 3.8) is 0 Å². The number of fused-ring (bicyclic) bond motifs is 1. The van der Waals surface area contributed by atoms with Crippen LogP contribution in [-0.4, -0.2) is 27.6 Å². The van der Waals surface area contributed by atoms with E-state index < -0.39 is 21.7 Å². The van der Waals surface area contributed by atoms with Crippen molar-refractivity contribution >= 4 is 15.8 Å². The smallest absolute Gasteiger partial charge is 0.336 e. The summed E-state index contributed by atoms with van der Waals surface area (Å²) < 4.78 is 38.1. The topological polar surface area (TPSA) is 105 Å². The predicted molar refractivity (Wildman–Crippen MR) is 122 cm³/mol. The first-order valence-corrected chi connectivity index (χ1v) is 11.6. The van der Waals surface area contributed by atoms with Gasteiger partial charge in [0.25, 0.3) is 0 Å². The molecule has 3 rings (SSSR count). The molecule has 0 saturated heterocycles. The fraction of sp³-hybridized carbons (Fsp3) is 0.250. The van der Waals surface area contributed by atoms with Crippen LogP contribution in [-0.2, 0) is 19.4 Å². The molecule has 0 radical (unpaired) electrons. The van der Waals surface area contributed by atoms with E-state index in [0.29, 0.717) is 11.3 Å². The zero-order valence-corrected chi connectivity index (χ0v) is 18.9. The number of dihydropyridines is 1. The highest BCUT2D eigenvalue weighted by Crippen LogP contribution is 2.43. The first-order chi connectivity index (χ1) is 15.5. The molecule has 0 bridgehead atoms. The lowest BCUT2D eigenvalue weighted by atomic mass is 9.87. The Morgan fingerprint density at radius 3 is 2.72 bits per heavy atom. The molecular weight excluding hydrogens is 428 g/mol. The molecule has 2 aliphatic rings. The maximum Gasteiger partial charge on any atom is 0.336 e. The second-order valence-corrected chi connectivity index (χ2v) is 8.30. The monoisotopic (exact) mass is 454 g/mol. The van der Waals surface area contributed by atoms with Crippen LogP contribution in [0.2, 0.25) is 0 Å². The van der Waals surface area contributed by atoms with Gasteiger partial charge in [0.2, 0.25) is 9.84 Å². The Morgan fingerprint density at radius 2 is 2.06 bits per heavy atom. The van der Waals surface area contributed by atoms with Crippen LogP contribution in [0.15, 0.2) is 88.5 Å². The highest BCUT2D eigenvalue weighted by molar-refractivity contribution is 7.95. The molecular formula is C24H26N2O5S. The normalized spacial score (nSPS) is 18.5. The van der Waals surface area contributed by atoms with Crippen molar-refractivity contribution < 1.29 is 22.7 Å². The van der Waals surface area contributed by atoms with Crippen molar-refractivity contribution in [3.05, 3.63) is 83.6 Å². The Kier molecular flexibility index (Phi) is 8.62. The highest BCUT2D eigenvalue weighted by atomic mass is 32.2. The van der Waals surface area contributed by atoms with E-state index in [0.717, 1.165) is 0 Å². The minimum Gasteiger partial charge on any atom is -0.486 e. The van der Waals surface area contributed by atoms with Gasteiger partial charge in [-0.2, -0.15) is 5.26 Å². The number of carbonyl (C=O) groups is 1. The fourth-order valence-electron chi connectivity index (χ4n) is 3.32. The van der Waals surface area contributed by atoms with Gasteiger partial charge in [-0.15, -0.1) is 0 Å². The van der Waals surface area contributed by atoms with Crippen LogP contribution in [0.5, 0.6) is 5.75 Å². The summed E-state index contributed by atoms with van der Waals surface area (Å²) in [5, 5.41) is 11.6. The summed E-state index contributed by atoms with van der Waals surface area (Å²) in [7, 11) is -4.03. The number of hydrogen-bond donors (Lipinski definition) is 1. The van der Waals surface area contributed by atoms with Crippen LogP contribution in [0.1, 0.15) is 20.3 Å². The minimum atomic E-state index is -4.03. The Hall–Kier alpha value is -3.57. The number of esters is 1. The van der Waals surface area contributed by atoms with E-state index >= 15 is 0 Å². The van der Waals surface area contributed by atoms with Gasteiger partial charge in [0.15, 0.2) is 0 Å². The molecule has 2 heterocycles. The quantitative estimate of drug-likeness (QED) is 0.394. The van der Waals surface area contributed by atoms with Crippen molar-refractivity contribution in [1.82, 2.24) is 5.32 Å². The molecule has 0 aromatic heterocycles. The average Bonchev–Trinajstić information content (AvgIpc) is 2.93.